The van der Waals surface area contributed by atoms with Gasteiger partial charge in [0.25, 0.3) is 0 Å². The van der Waals surface area contributed by atoms with Gasteiger partial charge in [0.1, 0.15) is 0 Å². The maximum atomic E-state index is 2.28. The highest BCUT2D eigenvalue weighted by molar-refractivity contribution is 7.77. The lowest BCUT2D eigenvalue weighted by Gasteiger charge is -2.25. The highest BCUT2D eigenvalue weighted by atomic mass is 31.1. The van der Waals surface area contributed by atoms with Crippen molar-refractivity contribution in [3.63, 3.8) is 0 Å². The number of rotatable bonds is 3. The third-order valence-electron chi connectivity index (χ3n) is 4.65. The van der Waals surface area contributed by atoms with Crippen LogP contribution in [0.2, 0.25) is 0 Å². The maximum Gasteiger partial charge on any atom is 0.0282 e. The summed E-state index contributed by atoms with van der Waals surface area (Å²) in [5.41, 5.74) is 4.37. The van der Waals surface area contributed by atoms with Crippen LogP contribution in [-0.4, -0.2) is 0 Å². The predicted molar refractivity (Wildman–Crippen MR) is 99.1 cm³/mol. The van der Waals surface area contributed by atoms with Crippen molar-refractivity contribution in [2.45, 2.75) is 27.7 Å². The number of hydrogen-bond acceptors (Lipinski definition) is 0. The molecule has 0 fully saturated rings. The van der Waals surface area contributed by atoms with Gasteiger partial charge in [-0.2, -0.15) is 0 Å². The van der Waals surface area contributed by atoms with Gasteiger partial charge in [-0.3, -0.25) is 0 Å². The summed E-state index contributed by atoms with van der Waals surface area (Å²) in [5.74, 6) is 1.47. The fourth-order valence-corrected chi connectivity index (χ4v) is 5.86. The minimum atomic E-state index is -0.483. The van der Waals surface area contributed by atoms with Gasteiger partial charge in [0.2, 0.25) is 0 Å². The number of allylic oxidation sites excluding steroid dienone is 4. The van der Waals surface area contributed by atoms with Gasteiger partial charge in [-0.1, -0.05) is 73.2 Å². The van der Waals surface area contributed by atoms with Crippen LogP contribution in [0.25, 0.3) is 0 Å². The van der Waals surface area contributed by atoms with E-state index in [1.807, 2.05) is 0 Å². The summed E-state index contributed by atoms with van der Waals surface area (Å²) < 4.78 is 0. The van der Waals surface area contributed by atoms with Gasteiger partial charge in [-0.25, -0.2) is 0 Å². The molecule has 0 N–H and O–H groups in total. The van der Waals surface area contributed by atoms with Crippen LogP contribution >= 0.6 is 7.92 Å². The summed E-state index contributed by atoms with van der Waals surface area (Å²) in [6, 6.07) is 21.9. The largest absolute Gasteiger partial charge is 0.0622 e. The molecular formula is C21H22P. The Morgan fingerprint density at radius 3 is 1.36 bits per heavy atom. The van der Waals surface area contributed by atoms with E-state index in [0.717, 1.165) is 0 Å². The van der Waals surface area contributed by atoms with E-state index in [-0.39, 0.29) is 0 Å². The van der Waals surface area contributed by atoms with Crippen molar-refractivity contribution in [1.29, 1.82) is 0 Å². The van der Waals surface area contributed by atoms with Crippen molar-refractivity contribution in [1.82, 2.24) is 0 Å². The maximum absolute atomic E-state index is 2.28. The third kappa shape index (κ3) is 2.57. The summed E-state index contributed by atoms with van der Waals surface area (Å²) in [6.07, 6.45) is 0. The highest BCUT2D eigenvalue weighted by Gasteiger charge is 2.31. The number of benzene rings is 2. The molecule has 0 aromatic heterocycles. The van der Waals surface area contributed by atoms with Crippen molar-refractivity contribution >= 4 is 18.5 Å². The van der Waals surface area contributed by atoms with Crippen LogP contribution in [0, 0.1) is 5.92 Å². The molecule has 0 amide bonds. The third-order valence-corrected chi connectivity index (χ3v) is 7.40. The SMILES string of the molecule is C[C]1C(C)=C(C)C(C)=C1P(c1ccccc1)c1ccccc1. The minimum Gasteiger partial charge on any atom is -0.0622 e. The summed E-state index contributed by atoms with van der Waals surface area (Å²) in [5, 5.41) is 4.40. The molecule has 0 heterocycles. The molecule has 0 atom stereocenters. The molecule has 1 aliphatic carbocycles. The Morgan fingerprint density at radius 1 is 0.545 bits per heavy atom. The van der Waals surface area contributed by atoms with Gasteiger partial charge in [-0.05, 0) is 55.8 Å². The Hall–Kier alpha value is -1.65. The molecule has 0 saturated heterocycles. The van der Waals surface area contributed by atoms with E-state index in [0.29, 0.717) is 0 Å². The zero-order valence-corrected chi connectivity index (χ0v) is 14.6. The zero-order chi connectivity index (χ0) is 15.7. The molecule has 0 bridgehead atoms. The van der Waals surface area contributed by atoms with Crippen LogP contribution in [0.1, 0.15) is 27.7 Å². The van der Waals surface area contributed by atoms with E-state index in [2.05, 4.69) is 88.4 Å². The zero-order valence-electron chi connectivity index (χ0n) is 13.7. The van der Waals surface area contributed by atoms with E-state index < -0.39 is 7.92 Å². The Bertz CT molecular complexity index is 684. The molecule has 0 saturated carbocycles. The van der Waals surface area contributed by atoms with Crippen molar-refractivity contribution in [2.75, 3.05) is 0 Å². The normalized spacial score (nSPS) is 16.0. The molecular weight excluding hydrogens is 283 g/mol. The molecule has 3 rings (SSSR count). The highest BCUT2D eigenvalue weighted by Crippen LogP contribution is 2.55. The standard InChI is InChI=1S/C21H22P/c1-15-16(2)18(4)21(17(15)3)22(19-11-7-5-8-12-19)20-13-9-6-10-14-20/h5-14H,1-4H3. The Labute approximate surface area is 135 Å². The topological polar surface area (TPSA) is 0 Å². The molecule has 22 heavy (non-hydrogen) atoms. The lowest BCUT2D eigenvalue weighted by molar-refractivity contribution is 1.19. The van der Waals surface area contributed by atoms with E-state index in [1.54, 1.807) is 5.31 Å². The van der Waals surface area contributed by atoms with Crippen molar-refractivity contribution in [3.05, 3.63) is 88.6 Å². The first-order chi connectivity index (χ1) is 10.6. The molecule has 0 aliphatic heterocycles. The van der Waals surface area contributed by atoms with Gasteiger partial charge >= 0.3 is 0 Å². The Kier molecular flexibility index (Phi) is 4.32. The average molecular weight is 305 g/mol. The molecule has 1 aliphatic rings. The minimum absolute atomic E-state index is 0.483. The summed E-state index contributed by atoms with van der Waals surface area (Å²) in [6.45, 7) is 9.08. The van der Waals surface area contributed by atoms with Crippen LogP contribution in [-0.2, 0) is 0 Å². The molecule has 0 unspecified atom stereocenters. The summed E-state index contributed by atoms with van der Waals surface area (Å²) in [4.78, 5) is 0. The fraction of sp³-hybridized carbons (Fsp3) is 0.190. The van der Waals surface area contributed by atoms with E-state index in [4.69, 9.17) is 0 Å². The van der Waals surface area contributed by atoms with Crippen LogP contribution in [0.4, 0.5) is 0 Å². The van der Waals surface area contributed by atoms with Gasteiger partial charge in [0, 0.05) is 5.92 Å². The first kappa shape index (κ1) is 15.3. The first-order valence-corrected chi connectivity index (χ1v) is 9.08. The van der Waals surface area contributed by atoms with Crippen LogP contribution in [0.3, 0.4) is 0 Å². The van der Waals surface area contributed by atoms with Crippen molar-refractivity contribution in [3.8, 4) is 0 Å². The second-order valence-corrected chi connectivity index (χ2v) is 8.01. The molecule has 111 valence electrons. The van der Waals surface area contributed by atoms with Gasteiger partial charge in [0.15, 0.2) is 0 Å². The quantitative estimate of drug-likeness (QED) is 0.672. The second kappa shape index (κ2) is 6.23. The smallest absolute Gasteiger partial charge is 0.0282 e. The molecule has 2 aromatic carbocycles. The lowest BCUT2D eigenvalue weighted by atomic mass is 10.1. The van der Waals surface area contributed by atoms with E-state index in [1.165, 1.54) is 33.2 Å². The molecule has 2 aromatic rings. The predicted octanol–water partition coefficient (Wildman–Crippen LogP) is 5.34. The van der Waals surface area contributed by atoms with E-state index >= 15 is 0 Å². The number of hydrogen-bond donors (Lipinski definition) is 0. The van der Waals surface area contributed by atoms with Crippen LogP contribution < -0.4 is 10.6 Å². The summed E-state index contributed by atoms with van der Waals surface area (Å²) in [7, 11) is -0.483. The van der Waals surface area contributed by atoms with Gasteiger partial charge in [-0.15, -0.1) is 0 Å². The lowest BCUT2D eigenvalue weighted by Crippen LogP contribution is -2.15. The molecule has 0 spiro atoms. The van der Waals surface area contributed by atoms with Crippen LogP contribution in [0.5, 0.6) is 0 Å². The van der Waals surface area contributed by atoms with Crippen molar-refractivity contribution < 1.29 is 0 Å². The van der Waals surface area contributed by atoms with Gasteiger partial charge < -0.3 is 0 Å². The Morgan fingerprint density at radius 2 is 1.00 bits per heavy atom. The first-order valence-electron chi connectivity index (χ1n) is 7.74. The van der Waals surface area contributed by atoms with Gasteiger partial charge in [0.05, 0.1) is 0 Å². The van der Waals surface area contributed by atoms with Crippen molar-refractivity contribution in [2.24, 2.45) is 0 Å². The monoisotopic (exact) mass is 305 g/mol. The Balaban J connectivity index is 2.17. The fourth-order valence-electron chi connectivity index (χ4n) is 3.10. The molecule has 1 heteroatoms. The molecule has 1 radical (unpaired) electrons. The average Bonchev–Trinajstić information content (AvgIpc) is 2.75. The summed E-state index contributed by atoms with van der Waals surface area (Å²) >= 11 is 0. The second-order valence-electron chi connectivity index (χ2n) is 5.86. The van der Waals surface area contributed by atoms with E-state index in [9.17, 15) is 0 Å². The van der Waals surface area contributed by atoms with Crippen LogP contribution in [0.15, 0.2) is 82.7 Å². The molecule has 0 nitrogen and oxygen atoms in total.